The van der Waals surface area contributed by atoms with E-state index in [4.69, 9.17) is 9.72 Å². The van der Waals surface area contributed by atoms with Gasteiger partial charge in [-0.15, -0.1) is 0 Å². The van der Waals surface area contributed by atoms with Crippen molar-refractivity contribution in [1.82, 2.24) is 19.4 Å². The maximum absolute atomic E-state index is 12.2. The predicted octanol–water partition coefficient (Wildman–Crippen LogP) is 4.63. The number of rotatable bonds is 8. The summed E-state index contributed by atoms with van der Waals surface area (Å²) in [6, 6.07) is 14.1. The summed E-state index contributed by atoms with van der Waals surface area (Å²) in [4.78, 5) is 23.7. The van der Waals surface area contributed by atoms with Crippen molar-refractivity contribution in [3.05, 3.63) is 67.5 Å². The van der Waals surface area contributed by atoms with Crippen LogP contribution < -0.4 is 20.7 Å². The summed E-state index contributed by atoms with van der Waals surface area (Å²) in [5.41, 5.74) is 4.99. The zero-order valence-electron chi connectivity index (χ0n) is 21.3. The number of anilines is 4. The number of para-hydroxylation sites is 1. The van der Waals surface area contributed by atoms with E-state index in [9.17, 15) is 4.79 Å². The van der Waals surface area contributed by atoms with Crippen LogP contribution >= 0.6 is 0 Å². The molecule has 37 heavy (non-hydrogen) atoms. The minimum atomic E-state index is -0.295. The SMILES string of the molecule is C=CC(=O)Nc1cc(Nc2nccc(-c3cn(C)c4ccccc34)n2)c(OC)cc1N[C@@H]1CCN(C)C1. The van der Waals surface area contributed by atoms with Crippen LogP contribution in [0.2, 0.25) is 0 Å². The van der Waals surface area contributed by atoms with Gasteiger partial charge in [0, 0.05) is 54.6 Å². The van der Waals surface area contributed by atoms with Gasteiger partial charge in [0.2, 0.25) is 11.9 Å². The molecule has 9 heteroatoms. The number of amides is 1. The number of aryl methyl sites for hydroxylation is 1. The Morgan fingerprint density at radius 1 is 1.16 bits per heavy atom. The molecule has 9 nitrogen and oxygen atoms in total. The highest BCUT2D eigenvalue weighted by atomic mass is 16.5. The van der Waals surface area contributed by atoms with E-state index in [0.29, 0.717) is 23.1 Å². The lowest BCUT2D eigenvalue weighted by Crippen LogP contribution is -2.24. The van der Waals surface area contributed by atoms with Gasteiger partial charge in [-0.1, -0.05) is 24.8 Å². The fourth-order valence-corrected chi connectivity index (χ4v) is 4.76. The average Bonchev–Trinajstić information content (AvgIpc) is 3.48. The molecule has 0 unspecified atom stereocenters. The van der Waals surface area contributed by atoms with Gasteiger partial charge in [-0.2, -0.15) is 0 Å². The lowest BCUT2D eigenvalue weighted by molar-refractivity contribution is -0.111. The van der Waals surface area contributed by atoms with E-state index in [0.717, 1.165) is 47.4 Å². The van der Waals surface area contributed by atoms with Crippen LogP contribution in [-0.2, 0) is 11.8 Å². The summed E-state index contributed by atoms with van der Waals surface area (Å²) < 4.78 is 7.79. The molecule has 2 aromatic carbocycles. The molecule has 3 heterocycles. The minimum absolute atomic E-state index is 0.272. The van der Waals surface area contributed by atoms with Gasteiger partial charge < -0.3 is 30.2 Å². The topological polar surface area (TPSA) is 96.3 Å². The summed E-state index contributed by atoms with van der Waals surface area (Å²) in [5.74, 6) is 0.726. The van der Waals surface area contributed by atoms with Crippen LogP contribution in [0.3, 0.4) is 0 Å². The highest BCUT2D eigenvalue weighted by molar-refractivity contribution is 6.02. The first-order chi connectivity index (χ1) is 17.9. The molecule has 1 aliphatic heterocycles. The fraction of sp³-hybridized carbons (Fsp3) is 0.250. The van der Waals surface area contributed by atoms with E-state index < -0.39 is 0 Å². The third-order valence-electron chi connectivity index (χ3n) is 6.61. The molecule has 1 saturated heterocycles. The Bertz CT molecular complexity index is 1460. The molecule has 3 N–H and O–H groups in total. The van der Waals surface area contributed by atoms with E-state index in [1.54, 1.807) is 13.3 Å². The van der Waals surface area contributed by atoms with Crippen molar-refractivity contribution in [2.75, 3.05) is 43.2 Å². The first-order valence-corrected chi connectivity index (χ1v) is 12.2. The summed E-state index contributed by atoms with van der Waals surface area (Å²) in [5, 5.41) is 10.9. The lowest BCUT2D eigenvalue weighted by atomic mass is 10.1. The molecule has 0 radical (unpaired) electrons. The second-order valence-corrected chi connectivity index (χ2v) is 9.24. The number of fused-ring (bicyclic) bond motifs is 1. The normalized spacial score (nSPS) is 15.5. The number of likely N-dealkylation sites (N-methyl/N-ethyl adjacent to an activating group) is 1. The summed E-state index contributed by atoms with van der Waals surface area (Å²) in [7, 11) is 5.74. The van der Waals surface area contributed by atoms with E-state index in [2.05, 4.69) is 62.4 Å². The molecule has 190 valence electrons. The van der Waals surface area contributed by atoms with Gasteiger partial charge in [-0.05, 0) is 44.3 Å². The Balaban J connectivity index is 1.48. The van der Waals surface area contributed by atoms with Gasteiger partial charge in [0.1, 0.15) is 5.75 Å². The van der Waals surface area contributed by atoms with E-state index in [1.165, 1.54) is 6.08 Å². The van der Waals surface area contributed by atoms with Crippen LogP contribution in [0.15, 0.2) is 67.5 Å². The Kier molecular flexibility index (Phi) is 6.78. The van der Waals surface area contributed by atoms with Gasteiger partial charge in [-0.3, -0.25) is 4.79 Å². The molecule has 1 aliphatic rings. The van der Waals surface area contributed by atoms with Crippen molar-refractivity contribution >= 4 is 39.8 Å². The Hall–Kier alpha value is -4.37. The lowest BCUT2D eigenvalue weighted by Gasteiger charge is -2.21. The van der Waals surface area contributed by atoms with Gasteiger partial charge in [0.15, 0.2) is 0 Å². The van der Waals surface area contributed by atoms with Crippen LogP contribution in [-0.4, -0.2) is 58.6 Å². The highest BCUT2D eigenvalue weighted by Crippen LogP contribution is 2.37. The van der Waals surface area contributed by atoms with Crippen molar-refractivity contribution in [3.8, 4) is 17.0 Å². The quantitative estimate of drug-likeness (QED) is 0.306. The van der Waals surface area contributed by atoms with E-state index in [1.807, 2.05) is 37.4 Å². The monoisotopic (exact) mass is 497 g/mol. The molecule has 4 aromatic rings. The van der Waals surface area contributed by atoms with Crippen molar-refractivity contribution in [2.24, 2.45) is 7.05 Å². The van der Waals surface area contributed by atoms with E-state index >= 15 is 0 Å². The Morgan fingerprint density at radius 3 is 2.76 bits per heavy atom. The van der Waals surface area contributed by atoms with Crippen LogP contribution in [0.5, 0.6) is 5.75 Å². The zero-order valence-corrected chi connectivity index (χ0v) is 21.3. The molecule has 2 aromatic heterocycles. The van der Waals surface area contributed by atoms with Crippen molar-refractivity contribution in [2.45, 2.75) is 12.5 Å². The second-order valence-electron chi connectivity index (χ2n) is 9.24. The van der Waals surface area contributed by atoms with Crippen LogP contribution in [0.4, 0.5) is 23.0 Å². The fourth-order valence-electron chi connectivity index (χ4n) is 4.76. The summed E-state index contributed by atoms with van der Waals surface area (Å²) in [6.45, 7) is 5.53. The first-order valence-electron chi connectivity index (χ1n) is 12.2. The molecule has 0 aliphatic carbocycles. The largest absolute Gasteiger partial charge is 0.494 e. The molecule has 0 saturated carbocycles. The number of hydrogen-bond acceptors (Lipinski definition) is 7. The average molecular weight is 498 g/mol. The number of nitrogens with one attached hydrogen (secondary N) is 3. The number of ether oxygens (including phenoxy) is 1. The molecule has 5 rings (SSSR count). The standard InChI is InChI=1S/C28H31N7O2/c1-5-27(36)31-22-14-24(26(37-4)15-23(22)30-18-11-13-34(2)16-18)33-28-29-12-10-21(32-28)20-17-35(3)25-9-7-6-8-19(20)25/h5-10,12,14-15,17-18,30H,1,11,13,16H2,2-4H3,(H,31,36)(H,29,32,33)/t18-/m1/s1. The second kappa shape index (κ2) is 10.3. The summed E-state index contributed by atoms with van der Waals surface area (Å²) >= 11 is 0. The number of carbonyl (C=O) groups excluding carboxylic acids is 1. The Morgan fingerprint density at radius 2 is 2.00 bits per heavy atom. The third-order valence-corrected chi connectivity index (χ3v) is 6.61. The number of methoxy groups -OCH3 is 1. The molecule has 0 spiro atoms. The number of benzene rings is 2. The number of carbonyl (C=O) groups is 1. The van der Waals surface area contributed by atoms with Crippen LogP contribution in [0, 0.1) is 0 Å². The smallest absolute Gasteiger partial charge is 0.247 e. The number of nitrogens with zero attached hydrogens (tertiary/aromatic N) is 4. The first kappa shape index (κ1) is 24.3. The number of hydrogen-bond donors (Lipinski definition) is 3. The predicted molar refractivity (Wildman–Crippen MR) is 149 cm³/mol. The van der Waals surface area contributed by atoms with Gasteiger partial charge in [0.25, 0.3) is 0 Å². The van der Waals surface area contributed by atoms with Crippen LogP contribution in [0.25, 0.3) is 22.2 Å². The highest BCUT2D eigenvalue weighted by Gasteiger charge is 2.22. The van der Waals surface area contributed by atoms with Gasteiger partial charge in [0.05, 0.1) is 29.9 Å². The molecule has 1 amide bonds. The number of aromatic nitrogens is 3. The molecule has 1 atom stereocenters. The maximum atomic E-state index is 12.2. The number of likely N-dealkylation sites (tertiary alicyclic amines) is 1. The molecular weight excluding hydrogens is 466 g/mol. The van der Waals surface area contributed by atoms with Gasteiger partial charge >= 0.3 is 0 Å². The molecular formula is C28H31N7O2. The zero-order chi connectivity index (χ0) is 25.9. The van der Waals surface area contributed by atoms with Crippen molar-refractivity contribution < 1.29 is 9.53 Å². The van der Waals surface area contributed by atoms with Crippen molar-refractivity contribution in [3.63, 3.8) is 0 Å². The van der Waals surface area contributed by atoms with Gasteiger partial charge in [-0.25, -0.2) is 9.97 Å². The molecule has 0 bridgehead atoms. The van der Waals surface area contributed by atoms with Crippen LogP contribution in [0.1, 0.15) is 6.42 Å². The third kappa shape index (κ3) is 5.12. The minimum Gasteiger partial charge on any atom is -0.494 e. The maximum Gasteiger partial charge on any atom is 0.247 e. The van der Waals surface area contributed by atoms with Crippen molar-refractivity contribution in [1.29, 1.82) is 0 Å². The summed E-state index contributed by atoms with van der Waals surface area (Å²) in [6.07, 6.45) is 6.07. The van der Waals surface area contributed by atoms with E-state index in [-0.39, 0.29) is 11.9 Å². The molecule has 1 fully saturated rings. The Labute approximate surface area is 216 Å².